The van der Waals surface area contributed by atoms with Crippen LogP contribution in [0.3, 0.4) is 0 Å². The summed E-state index contributed by atoms with van der Waals surface area (Å²) in [5, 5.41) is 42.5. The molecule has 2 aromatic carbocycles. The summed E-state index contributed by atoms with van der Waals surface area (Å²) in [6.45, 7) is -0.385. The van der Waals surface area contributed by atoms with Crippen molar-refractivity contribution in [3.8, 4) is 0 Å². The molecule has 5 atom stereocenters. The molecule has 0 bridgehead atoms. The molecule has 0 radical (unpaired) electrons. The van der Waals surface area contributed by atoms with E-state index >= 15 is 0 Å². The second kappa shape index (κ2) is 7.55. The van der Waals surface area contributed by atoms with Crippen LogP contribution < -0.4 is 0 Å². The van der Waals surface area contributed by atoms with Gasteiger partial charge in [-0.2, -0.15) is 0 Å². The van der Waals surface area contributed by atoms with Crippen LogP contribution in [0.2, 0.25) is 5.02 Å². The van der Waals surface area contributed by atoms with Gasteiger partial charge in [0.2, 0.25) is 5.79 Å². The average molecular weight is 449 g/mol. The summed E-state index contributed by atoms with van der Waals surface area (Å²) >= 11 is 8.23. The third kappa shape index (κ3) is 3.09. The molecule has 0 saturated carbocycles. The maximum Gasteiger partial charge on any atom is 0.225 e. The zero-order valence-electron chi connectivity index (χ0n) is 15.9. The second-order valence-corrected chi connectivity index (χ2v) is 9.32. The van der Waals surface area contributed by atoms with E-state index in [2.05, 4.69) is 18.2 Å². The first-order chi connectivity index (χ1) is 14.4. The van der Waals surface area contributed by atoms with Crippen LogP contribution in [-0.2, 0) is 28.3 Å². The number of aliphatic hydroxyl groups excluding tert-OH is 4. The lowest BCUT2D eigenvalue weighted by Crippen LogP contribution is -2.63. The molecule has 0 amide bonds. The maximum atomic E-state index is 10.7. The molecule has 0 aliphatic carbocycles. The molecule has 1 saturated heterocycles. The number of ether oxygens (including phenoxy) is 2. The average Bonchev–Trinajstić information content (AvgIpc) is 3.31. The fourth-order valence-corrected chi connectivity index (χ4v) is 5.64. The predicted molar refractivity (Wildman–Crippen MR) is 113 cm³/mol. The van der Waals surface area contributed by atoms with E-state index in [1.54, 1.807) is 17.4 Å². The van der Waals surface area contributed by atoms with Gasteiger partial charge in [0.05, 0.1) is 13.2 Å². The molecule has 2 aliphatic heterocycles. The number of halogens is 1. The molecule has 2 aliphatic rings. The Balaban J connectivity index is 1.54. The standard InChI is InChI=1S/C22H21ClO6S/c23-16-8-13-10-28-22(21(27)20(26)19(25)17(9-24)29-22)15(13)7-12(16)6-14-5-11-3-1-2-4-18(11)30-14/h1-5,7-8,17,19-21,24-27H,6,9-10H2/t17-,19-,20+,21-,22?/m1/s1. The predicted octanol–water partition coefficient (Wildman–Crippen LogP) is 2.30. The summed E-state index contributed by atoms with van der Waals surface area (Å²) in [7, 11) is 0. The molecule has 1 fully saturated rings. The zero-order valence-corrected chi connectivity index (χ0v) is 17.4. The Hall–Kier alpha value is -1.55. The summed E-state index contributed by atoms with van der Waals surface area (Å²) < 4.78 is 12.8. The van der Waals surface area contributed by atoms with Crippen molar-refractivity contribution in [3.05, 3.63) is 69.1 Å². The lowest BCUT2D eigenvalue weighted by molar-refractivity contribution is -0.368. The molecule has 1 unspecified atom stereocenters. The van der Waals surface area contributed by atoms with Crippen LogP contribution in [0.15, 0.2) is 42.5 Å². The largest absolute Gasteiger partial charge is 0.394 e. The molecule has 158 valence electrons. The van der Waals surface area contributed by atoms with Crippen molar-refractivity contribution in [2.45, 2.75) is 43.2 Å². The smallest absolute Gasteiger partial charge is 0.225 e. The maximum absolute atomic E-state index is 10.7. The molecule has 8 heteroatoms. The number of rotatable bonds is 3. The Kier molecular flexibility index (Phi) is 5.12. The Morgan fingerprint density at radius 2 is 1.90 bits per heavy atom. The van der Waals surface area contributed by atoms with Gasteiger partial charge in [-0.15, -0.1) is 11.3 Å². The van der Waals surface area contributed by atoms with E-state index in [9.17, 15) is 20.4 Å². The zero-order chi connectivity index (χ0) is 21.0. The minimum atomic E-state index is -1.67. The number of thiophene rings is 1. The van der Waals surface area contributed by atoms with Gasteiger partial charge >= 0.3 is 0 Å². The van der Waals surface area contributed by atoms with Crippen LogP contribution in [-0.4, -0.2) is 51.4 Å². The van der Waals surface area contributed by atoms with Crippen LogP contribution in [0.5, 0.6) is 0 Å². The van der Waals surface area contributed by atoms with Gasteiger partial charge in [-0.1, -0.05) is 29.8 Å². The normalized spacial score (nSPS) is 30.8. The topological polar surface area (TPSA) is 99.4 Å². The van der Waals surface area contributed by atoms with Gasteiger partial charge < -0.3 is 29.9 Å². The number of aliphatic hydroxyl groups is 4. The Morgan fingerprint density at radius 1 is 1.10 bits per heavy atom. The van der Waals surface area contributed by atoms with Gasteiger partial charge in [0.1, 0.15) is 24.4 Å². The summed E-state index contributed by atoms with van der Waals surface area (Å²) in [6, 6.07) is 13.9. The highest BCUT2D eigenvalue weighted by Crippen LogP contribution is 2.47. The quantitative estimate of drug-likeness (QED) is 0.490. The molecule has 1 aromatic heterocycles. The number of hydrogen-bond acceptors (Lipinski definition) is 7. The van der Waals surface area contributed by atoms with Crippen molar-refractivity contribution in [1.29, 1.82) is 0 Å². The van der Waals surface area contributed by atoms with E-state index in [0.29, 0.717) is 17.0 Å². The number of fused-ring (bicyclic) bond motifs is 3. The fourth-order valence-electron chi connectivity index (χ4n) is 4.30. The van der Waals surface area contributed by atoms with E-state index in [0.717, 1.165) is 16.0 Å². The minimum absolute atomic E-state index is 0.135. The number of benzene rings is 2. The first-order valence-electron chi connectivity index (χ1n) is 9.69. The van der Waals surface area contributed by atoms with E-state index in [1.807, 2.05) is 18.2 Å². The summed E-state index contributed by atoms with van der Waals surface area (Å²) in [5.41, 5.74) is 2.13. The highest BCUT2D eigenvalue weighted by Gasteiger charge is 2.58. The second-order valence-electron chi connectivity index (χ2n) is 7.75. The van der Waals surface area contributed by atoms with Crippen molar-refractivity contribution >= 4 is 33.0 Å². The van der Waals surface area contributed by atoms with E-state index in [4.69, 9.17) is 21.1 Å². The molecule has 4 N–H and O–H groups in total. The van der Waals surface area contributed by atoms with Gasteiger partial charge in [0, 0.05) is 26.6 Å². The van der Waals surface area contributed by atoms with Crippen molar-refractivity contribution in [2.75, 3.05) is 6.61 Å². The van der Waals surface area contributed by atoms with Crippen LogP contribution in [0.1, 0.15) is 21.6 Å². The van der Waals surface area contributed by atoms with Gasteiger partial charge in [-0.3, -0.25) is 0 Å². The lowest BCUT2D eigenvalue weighted by atomic mass is 9.86. The molecule has 6 nitrogen and oxygen atoms in total. The molecule has 3 aromatic rings. The van der Waals surface area contributed by atoms with Gasteiger partial charge in [0.15, 0.2) is 0 Å². The molecule has 30 heavy (non-hydrogen) atoms. The Morgan fingerprint density at radius 3 is 2.67 bits per heavy atom. The van der Waals surface area contributed by atoms with Gasteiger partial charge in [-0.05, 0) is 40.8 Å². The molecule has 3 heterocycles. The Bertz CT molecular complexity index is 1070. The summed E-state index contributed by atoms with van der Waals surface area (Å²) in [6.07, 6.45) is -4.96. The van der Waals surface area contributed by atoms with E-state index < -0.39 is 36.8 Å². The molecule has 1 spiro atoms. The highest BCUT2D eigenvalue weighted by molar-refractivity contribution is 7.19. The number of hydrogen-bond donors (Lipinski definition) is 4. The first-order valence-corrected chi connectivity index (χ1v) is 10.9. The minimum Gasteiger partial charge on any atom is -0.394 e. The first kappa shape index (κ1) is 20.4. The third-order valence-corrected chi connectivity index (χ3v) is 7.35. The van der Waals surface area contributed by atoms with Gasteiger partial charge in [0.25, 0.3) is 0 Å². The van der Waals surface area contributed by atoms with E-state index in [1.165, 1.54) is 10.1 Å². The molecular weight excluding hydrogens is 428 g/mol. The monoisotopic (exact) mass is 448 g/mol. The Labute approximate surface area is 181 Å². The van der Waals surface area contributed by atoms with Crippen LogP contribution >= 0.6 is 22.9 Å². The van der Waals surface area contributed by atoms with Gasteiger partial charge in [-0.25, -0.2) is 0 Å². The van der Waals surface area contributed by atoms with Crippen LogP contribution in [0, 0.1) is 0 Å². The van der Waals surface area contributed by atoms with Crippen LogP contribution in [0.25, 0.3) is 10.1 Å². The van der Waals surface area contributed by atoms with Crippen molar-refractivity contribution in [3.63, 3.8) is 0 Å². The molecular formula is C22H21ClO6S. The van der Waals surface area contributed by atoms with E-state index in [-0.39, 0.29) is 6.61 Å². The fraction of sp³-hybridized carbons (Fsp3) is 0.364. The SMILES string of the molecule is OC[C@H]1OC2(OCc3cc(Cl)c(Cc4cc5ccccc5s4)cc32)[C@H](O)[C@@H](O)[C@@H]1O. The summed E-state index contributed by atoms with van der Waals surface area (Å²) in [5.74, 6) is -1.67. The van der Waals surface area contributed by atoms with Crippen molar-refractivity contribution < 1.29 is 29.9 Å². The van der Waals surface area contributed by atoms with Crippen LogP contribution in [0.4, 0.5) is 0 Å². The van der Waals surface area contributed by atoms with Crippen molar-refractivity contribution in [1.82, 2.24) is 0 Å². The molecule has 5 rings (SSSR count). The summed E-state index contributed by atoms with van der Waals surface area (Å²) in [4.78, 5) is 1.14. The lowest BCUT2D eigenvalue weighted by Gasteiger charge is -2.46. The highest BCUT2D eigenvalue weighted by atomic mass is 35.5. The third-order valence-electron chi connectivity index (χ3n) is 5.88. The van der Waals surface area contributed by atoms with Crippen molar-refractivity contribution in [2.24, 2.45) is 0 Å².